The van der Waals surface area contributed by atoms with Crippen molar-refractivity contribution in [2.75, 3.05) is 13.7 Å². The van der Waals surface area contributed by atoms with Crippen LogP contribution in [0.5, 0.6) is 5.75 Å². The van der Waals surface area contributed by atoms with Gasteiger partial charge < -0.3 is 15.2 Å². The number of aliphatic hydroxyl groups is 1. The molecule has 0 bridgehead atoms. The molecule has 114 valence electrons. The van der Waals surface area contributed by atoms with Crippen LogP contribution in [0.1, 0.15) is 31.7 Å². The molecule has 0 radical (unpaired) electrons. The number of benzene rings is 1. The van der Waals surface area contributed by atoms with Crippen molar-refractivity contribution in [3.05, 3.63) is 35.9 Å². The van der Waals surface area contributed by atoms with Crippen LogP contribution < -0.4 is 10.1 Å². The number of para-hydroxylation sites is 1. The van der Waals surface area contributed by atoms with Crippen molar-refractivity contribution in [1.82, 2.24) is 5.32 Å². The van der Waals surface area contributed by atoms with Gasteiger partial charge >= 0.3 is 0 Å². The van der Waals surface area contributed by atoms with Gasteiger partial charge in [-0.2, -0.15) is 0 Å². The lowest BCUT2D eigenvalue weighted by Crippen LogP contribution is -2.44. The molecule has 1 aliphatic rings. The van der Waals surface area contributed by atoms with Gasteiger partial charge in [0.05, 0.1) is 13.7 Å². The van der Waals surface area contributed by atoms with E-state index < -0.39 is 0 Å². The lowest BCUT2D eigenvalue weighted by atomic mass is 9.86. The molecule has 0 heterocycles. The van der Waals surface area contributed by atoms with Crippen molar-refractivity contribution in [1.29, 1.82) is 0 Å². The van der Waals surface area contributed by atoms with Gasteiger partial charge in [-0.25, -0.2) is 0 Å². The van der Waals surface area contributed by atoms with Gasteiger partial charge in [-0.05, 0) is 25.0 Å². The summed E-state index contributed by atoms with van der Waals surface area (Å²) in [5, 5.41) is 12.5. The monoisotopic (exact) mass is 289 g/mol. The Morgan fingerprint density at radius 1 is 1.52 bits per heavy atom. The molecule has 2 rings (SSSR count). The standard InChI is InChI=1S/C17H23NO3/c1-17(12-19)11-5-8-15(17)18-16(20)10-9-13-6-3-4-7-14(13)21-2/h3-4,6-7,9-10,15,19H,5,8,11-12H2,1-2H3,(H,18,20)/b10-9+. The van der Waals surface area contributed by atoms with Crippen LogP contribution in [-0.2, 0) is 4.79 Å². The van der Waals surface area contributed by atoms with E-state index in [0.717, 1.165) is 30.6 Å². The van der Waals surface area contributed by atoms with Crippen LogP contribution in [0.4, 0.5) is 0 Å². The van der Waals surface area contributed by atoms with E-state index in [2.05, 4.69) is 5.32 Å². The van der Waals surface area contributed by atoms with Gasteiger partial charge in [0.15, 0.2) is 0 Å². The van der Waals surface area contributed by atoms with Crippen molar-refractivity contribution in [3.63, 3.8) is 0 Å². The minimum atomic E-state index is -0.200. The predicted molar refractivity (Wildman–Crippen MR) is 83.0 cm³/mol. The Hall–Kier alpha value is -1.81. The summed E-state index contributed by atoms with van der Waals surface area (Å²) in [5.74, 6) is 0.607. The number of hydrogen-bond donors (Lipinski definition) is 2. The topological polar surface area (TPSA) is 58.6 Å². The third-order valence-corrected chi connectivity index (χ3v) is 4.31. The zero-order valence-corrected chi connectivity index (χ0v) is 12.6. The minimum Gasteiger partial charge on any atom is -0.496 e. The van der Waals surface area contributed by atoms with Crippen LogP contribution in [0.25, 0.3) is 6.08 Å². The number of rotatable bonds is 5. The van der Waals surface area contributed by atoms with Crippen molar-refractivity contribution in [2.45, 2.75) is 32.2 Å². The number of carbonyl (C=O) groups is 1. The summed E-state index contributed by atoms with van der Waals surface area (Å²) in [6.07, 6.45) is 6.18. The van der Waals surface area contributed by atoms with E-state index in [1.54, 1.807) is 13.2 Å². The van der Waals surface area contributed by atoms with E-state index in [0.29, 0.717) is 0 Å². The number of aliphatic hydroxyl groups excluding tert-OH is 1. The molecule has 0 spiro atoms. The van der Waals surface area contributed by atoms with Gasteiger partial charge in [0.25, 0.3) is 0 Å². The maximum absolute atomic E-state index is 12.1. The molecule has 1 fully saturated rings. The molecule has 4 heteroatoms. The second-order valence-electron chi connectivity index (χ2n) is 5.84. The van der Waals surface area contributed by atoms with Crippen molar-refractivity contribution in [2.24, 2.45) is 5.41 Å². The molecule has 2 unspecified atom stereocenters. The largest absolute Gasteiger partial charge is 0.496 e. The highest BCUT2D eigenvalue weighted by Gasteiger charge is 2.38. The van der Waals surface area contributed by atoms with Crippen LogP contribution in [0, 0.1) is 5.41 Å². The third kappa shape index (κ3) is 3.64. The Morgan fingerprint density at radius 2 is 2.29 bits per heavy atom. The number of nitrogens with one attached hydrogen (secondary N) is 1. The molecule has 2 atom stereocenters. The number of carbonyl (C=O) groups excluding carboxylic acids is 1. The fraction of sp³-hybridized carbons (Fsp3) is 0.471. The molecule has 0 saturated heterocycles. The number of hydrogen-bond acceptors (Lipinski definition) is 3. The average molecular weight is 289 g/mol. The Kier molecular flexibility index (Phi) is 5.02. The zero-order valence-electron chi connectivity index (χ0n) is 12.6. The van der Waals surface area contributed by atoms with E-state index in [-0.39, 0.29) is 24.0 Å². The lowest BCUT2D eigenvalue weighted by Gasteiger charge is -2.29. The molecule has 1 aromatic rings. The van der Waals surface area contributed by atoms with E-state index in [4.69, 9.17) is 4.74 Å². The van der Waals surface area contributed by atoms with E-state index >= 15 is 0 Å². The highest BCUT2D eigenvalue weighted by molar-refractivity contribution is 5.92. The molecule has 21 heavy (non-hydrogen) atoms. The van der Waals surface area contributed by atoms with Crippen LogP contribution in [-0.4, -0.2) is 30.8 Å². The van der Waals surface area contributed by atoms with Crippen LogP contribution in [0.3, 0.4) is 0 Å². The molecule has 4 nitrogen and oxygen atoms in total. The van der Waals surface area contributed by atoms with Crippen molar-refractivity contribution in [3.8, 4) is 5.75 Å². The fourth-order valence-electron chi connectivity index (χ4n) is 2.86. The lowest BCUT2D eigenvalue weighted by molar-refractivity contribution is -0.117. The highest BCUT2D eigenvalue weighted by Crippen LogP contribution is 2.37. The Balaban J connectivity index is 2.00. The maximum atomic E-state index is 12.1. The quantitative estimate of drug-likeness (QED) is 0.818. The first-order valence-corrected chi connectivity index (χ1v) is 7.31. The molecule has 1 amide bonds. The van der Waals surface area contributed by atoms with Gasteiger partial charge in [-0.15, -0.1) is 0 Å². The minimum absolute atomic E-state index is 0.0392. The van der Waals surface area contributed by atoms with Gasteiger partial charge in [0.2, 0.25) is 5.91 Å². The molecular formula is C17H23NO3. The van der Waals surface area contributed by atoms with Crippen LogP contribution >= 0.6 is 0 Å². The summed E-state index contributed by atoms with van der Waals surface area (Å²) in [6, 6.07) is 7.59. The molecule has 2 N–H and O–H groups in total. The fourth-order valence-corrected chi connectivity index (χ4v) is 2.86. The predicted octanol–water partition coefficient (Wildman–Crippen LogP) is 2.38. The van der Waals surface area contributed by atoms with Crippen LogP contribution in [0.15, 0.2) is 30.3 Å². The normalized spacial score (nSPS) is 25.2. The van der Waals surface area contributed by atoms with Crippen molar-refractivity contribution < 1.29 is 14.6 Å². The van der Waals surface area contributed by atoms with Crippen molar-refractivity contribution >= 4 is 12.0 Å². The Labute approximate surface area is 125 Å². The summed E-state index contributed by atoms with van der Waals surface area (Å²) in [7, 11) is 1.61. The summed E-state index contributed by atoms with van der Waals surface area (Å²) in [4.78, 5) is 12.1. The van der Waals surface area contributed by atoms with Gasteiger partial charge in [-0.3, -0.25) is 4.79 Å². The van der Waals surface area contributed by atoms with E-state index in [1.165, 1.54) is 6.08 Å². The van der Waals surface area contributed by atoms with E-state index in [1.807, 2.05) is 31.2 Å². The molecular weight excluding hydrogens is 266 g/mol. The summed E-state index contributed by atoms with van der Waals surface area (Å²) in [6.45, 7) is 2.13. The summed E-state index contributed by atoms with van der Waals surface area (Å²) >= 11 is 0. The number of methoxy groups -OCH3 is 1. The second-order valence-corrected chi connectivity index (χ2v) is 5.84. The molecule has 0 aromatic heterocycles. The second kappa shape index (κ2) is 6.76. The first-order chi connectivity index (χ1) is 10.1. The molecule has 1 saturated carbocycles. The van der Waals surface area contributed by atoms with Gasteiger partial charge in [-0.1, -0.05) is 31.5 Å². The zero-order chi connectivity index (χ0) is 15.3. The molecule has 1 aliphatic carbocycles. The van der Waals surface area contributed by atoms with Gasteiger partial charge in [0, 0.05) is 23.1 Å². The Morgan fingerprint density at radius 3 is 3.00 bits per heavy atom. The molecule has 0 aliphatic heterocycles. The molecule has 1 aromatic carbocycles. The number of amides is 1. The van der Waals surface area contributed by atoms with Gasteiger partial charge in [0.1, 0.15) is 5.75 Å². The third-order valence-electron chi connectivity index (χ3n) is 4.31. The first-order valence-electron chi connectivity index (χ1n) is 7.31. The summed E-state index contributed by atoms with van der Waals surface area (Å²) in [5.41, 5.74) is 0.667. The smallest absolute Gasteiger partial charge is 0.244 e. The SMILES string of the molecule is COc1ccccc1/C=C/C(=O)NC1CCCC1(C)CO. The number of ether oxygens (including phenoxy) is 1. The first kappa shape index (κ1) is 15.6. The summed E-state index contributed by atoms with van der Waals surface area (Å²) < 4.78 is 5.25. The maximum Gasteiger partial charge on any atom is 0.244 e. The van der Waals surface area contributed by atoms with E-state index in [9.17, 15) is 9.90 Å². The van der Waals surface area contributed by atoms with Crippen LogP contribution in [0.2, 0.25) is 0 Å². The average Bonchev–Trinajstić information content (AvgIpc) is 2.87. The Bertz CT molecular complexity index is 527. The highest BCUT2D eigenvalue weighted by atomic mass is 16.5.